The minimum Gasteiger partial charge on any atom is -0.308 e. The molecule has 0 atom stereocenters. The maximum absolute atomic E-state index is 12.6. The van der Waals surface area contributed by atoms with Crippen LogP contribution in [-0.4, -0.2) is 17.6 Å². The van der Waals surface area contributed by atoms with Gasteiger partial charge in [0.15, 0.2) is 0 Å². The maximum atomic E-state index is 12.6. The molecule has 0 spiro atoms. The van der Waals surface area contributed by atoms with E-state index in [9.17, 15) is 9.59 Å². The third-order valence-corrected chi connectivity index (χ3v) is 7.08. The van der Waals surface area contributed by atoms with E-state index < -0.39 is 11.8 Å². The Morgan fingerprint density at radius 3 is 1.93 bits per heavy atom. The Morgan fingerprint density at radius 1 is 0.828 bits per heavy atom. The number of amides is 2. The normalized spacial score (nSPS) is 13.7. The summed E-state index contributed by atoms with van der Waals surface area (Å²) in [5.41, 5.74) is -0.135. The average Bonchev–Trinajstić information content (AvgIpc) is 3.01. The van der Waals surface area contributed by atoms with Crippen molar-refractivity contribution in [2.45, 2.75) is 6.42 Å². The first-order chi connectivity index (χ1) is 13.5. The zero-order valence-corrected chi connectivity index (χ0v) is 19.6. The number of hydrogen-bond donors (Lipinski definition) is 1. The Kier molecular flexibility index (Phi) is 7.03. The van der Waals surface area contributed by atoms with E-state index in [0.29, 0.717) is 0 Å². The van der Waals surface area contributed by atoms with Crippen LogP contribution < -0.4 is 10.3 Å². The van der Waals surface area contributed by atoms with Crippen molar-refractivity contribution in [2.75, 3.05) is 5.01 Å². The van der Waals surface area contributed by atoms with Crippen LogP contribution in [0.1, 0.15) is 16.8 Å². The molecule has 5 nitrogen and oxygen atoms in total. The highest BCUT2D eigenvalue weighted by molar-refractivity contribution is 6.57. The lowest BCUT2D eigenvalue weighted by Gasteiger charge is -2.18. The van der Waals surface area contributed by atoms with Crippen molar-refractivity contribution in [3.05, 3.63) is 57.9 Å². The van der Waals surface area contributed by atoms with Crippen LogP contribution >= 0.6 is 92.8 Å². The molecule has 1 aliphatic heterocycles. The molecule has 152 valence electrons. The fourth-order valence-electron chi connectivity index (χ4n) is 2.38. The Bertz CT molecular complexity index is 1070. The number of halogens is 8. The van der Waals surface area contributed by atoms with Gasteiger partial charge in [0.2, 0.25) is 0 Å². The summed E-state index contributed by atoms with van der Waals surface area (Å²) in [6.07, 6.45) is -0.272. The van der Waals surface area contributed by atoms with Crippen LogP contribution in [0, 0.1) is 0 Å². The Labute approximate surface area is 204 Å². The molecule has 0 radical (unpaired) electrons. The molecule has 0 unspecified atom stereocenters. The van der Waals surface area contributed by atoms with Gasteiger partial charge in [-0.15, -0.1) is 0 Å². The fraction of sp³-hybridized carbons (Fsp3) is 0.0625. The van der Waals surface area contributed by atoms with Crippen molar-refractivity contribution < 1.29 is 9.59 Å². The Morgan fingerprint density at radius 2 is 1.34 bits per heavy atom. The summed E-state index contributed by atoms with van der Waals surface area (Å²) in [7, 11) is 0. The van der Waals surface area contributed by atoms with Crippen molar-refractivity contribution in [3.63, 3.8) is 0 Å². The molecule has 29 heavy (non-hydrogen) atoms. The van der Waals surface area contributed by atoms with Gasteiger partial charge in [0.1, 0.15) is 11.5 Å². The summed E-state index contributed by atoms with van der Waals surface area (Å²) in [6, 6.07) is 2.86. The van der Waals surface area contributed by atoms with Gasteiger partial charge in [-0.1, -0.05) is 92.8 Å². The van der Waals surface area contributed by atoms with Crippen LogP contribution in [0.4, 0.5) is 5.69 Å². The lowest BCUT2D eigenvalue weighted by molar-refractivity contribution is -0.116. The zero-order chi connectivity index (χ0) is 21.6. The Hall–Kier alpha value is -0.630. The number of nitrogens with one attached hydrogen (secondary N) is 1. The molecule has 2 amide bonds. The topological polar surface area (TPSA) is 61.8 Å². The van der Waals surface area contributed by atoms with Crippen molar-refractivity contribution in [2.24, 2.45) is 5.10 Å². The minimum atomic E-state index is -0.708. The van der Waals surface area contributed by atoms with Crippen LogP contribution in [0.2, 0.25) is 40.2 Å². The number of rotatable bonds is 2. The van der Waals surface area contributed by atoms with Gasteiger partial charge in [0, 0.05) is 0 Å². The van der Waals surface area contributed by atoms with Crippen LogP contribution in [0.15, 0.2) is 17.2 Å². The summed E-state index contributed by atoms with van der Waals surface area (Å²) in [5, 5.41) is 7.01. The number of carbonyl (C=O) groups is 2. The quantitative estimate of drug-likeness (QED) is 0.311. The number of amidine groups is 1. The average molecular weight is 555 g/mol. The van der Waals surface area contributed by atoms with Crippen LogP contribution in [0.5, 0.6) is 0 Å². The molecule has 2 aromatic carbocycles. The molecule has 0 fully saturated rings. The first kappa shape index (κ1) is 23.0. The summed E-state index contributed by atoms with van der Waals surface area (Å²) in [4.78, 5) is 25.0. The molecule has 3 rings (SSSR count). The third kappa shape index (κ3) is 4.25. The number of benzene rings is 2. The summed E-state index contributed by atoms with van der Waals surface area (Å²) < 4.78 is 0. The first-order valence-electron chi connectivity index (χ1n) is 7.41. The molecular weight excluding hydrogens is 550 g/mol. The van der Waals surface area contributed by atoms with Gasteiger partial charge < -0.3 is 5.32 Å². The van der Waals surface area contributed by atoms with Crippen molar-refractivity contribution >= 4 is 116 Å². The molecule has 0 aromatic heterocycles. The van der Waals surface area contributed by atoms with Gasteiger partial charge in [0.05, 0.1) is 52.2 Å². The van der Waals surface area contributed by atoms with Gasteiger partial charge in [-0.2, -0.15) is 10.1 Å². The minimum absolute atomic E-state index is 0.0126. The standard InChI is InChI=1S/C16H5Cl8N3O2/c17-4-1-2-5(18)9(19)8(4)16(29)25-6-3-7(28)27(26-6)15-13(23)11(21)10(20)12(22)14(15)24/h1-2H,3H2,(H,25,26,29). The number of anilines is 1. The van der Waals surface area contributed by atoms with Gasteiger partial charge in [0.25, 0.3) is 11.8 Å². The van der Waals surface area contributed by atoms with Crippen molar-refractivity contribution in [1.82, 2.24) is 5.32 Å². The van der Waals surface area contributed by atoms with E-state index in [1.165, 1.54) is 12.1 Å². The SMILES string of the molecule is O=C(NC1=NN(c2c(Cl)c(Cl)c(Cl)c(Cl)c2Cl)C(=O)C1)c1c(Cl)ccc(Cl)c1Cl. The highest BCUT2D eigenvalue weighted by Gasteiger charge is 2.33. The van der Waals surface area contributed by atoms with Crippen molar-refractivity contribution in [1.29, 1.82) is 0 Å². The number of hydrazone groups is 1. The zero-order valence-electron chi connectivity index (χ0n) is 13.6. The molecule has 0 saturated heterocycles. The van der Waals surface area contributed by atoms with Crippen LogP contribution in [0.3, 0.4) is 0 Å². The summed E-state index contributed by atoms with van der Waals surface area (Å²) in [6.45, 7) is 0. The smallest absolute Gasteiger partial charge is 0.259 e. The predicted octanol–water partition coefficient (Wildman–Crippen LogP) is 7.39. The van der Waals surface area contributed by atoms with Gasteiger partial charge in [-0.25, -0.2) is 0 Å². The number of nitrogens with zero attached hydrogens (tertiary/aromatic N) is 2. The van der Waals surface area contributed by atoms with Crippen LogP contribution in [0.25, 0.3) is 0 Å². The largest absolute Gasteiger partial charge is 0.308 e. The Balaban J connectivity index is 1.97. The summed E-state index contributed by atoms with van der Waals surface area (Å²) in [5.74, 6) is -1.27. The molecule has 2 aromatic rings. The molecule has 1 N–H and O–H groups in total. The predicted molar refractivity (Wildman–Crippen MR) is 120 cm³/mol. The van der Waals surface area contributed by atoms with Gasteiger partial charge in [-0.3, -0.25) is 9.59 Å². The second-order valence-electron chi connectivity index (χ2n) is 5.52. The maximum Gasteiger partial charge on any atom is 0.259 e. The highest BCUT2D eigenvalue weighted by Crippen LogP contribution is 2.49. The fourth-order valence-corrected chi connectivity index (χ4v) is 4.37. The first-order valence-corrected chi connectivity index (χ1v) is 10.4. The van der Waals surface area contributed by atoms with E-state index >= 15 is 0 Å². The molecule has 0 aliphatic carbocycles. The molecular formula is C16H5Cl8N3O2. The van der Waals surface area contributed by atoms with Gasteiger partial charge in [-0.05, 0) is 12.1 Å². The molecule has 0 saturated carbocycles. The molecule has 1 heterocycles. The monoisotopic (exact) mass is 551 g/mol. The summed E-state index contributed by atoms with van der Waals surface area (Å²) >= 11 is 48.4. The van der Waals surface area contributed by atoms with E-state index in [1.807, 2.05) is 0 Å². The molecule has 0 bridgehead atoms. The molecule has 13 heteroatoms. The van der Waals surface area contributed by atoms with Gasteiger partial charge >= 0.3 is 0 Å². The number of hydrogen-bond acceptors (Lipinski definition) is 3. The second-order valence-corrected chi connectivity index (χ2v) is 8.60. The van der Waals surface area contributed by atoms with E-state index in [-0.39, 0.29) is 63.7 Å². The highest BCUT2D eigenvalue weighted by atomic mass is 35.5. The third-order valence-electron chi connectivity index (χ3n) is 3.70. The second kappa shape index (κ2) is 8.85. The molecule has 1 aliphatic rings. The van der Waals surface area contributed by atoms with E-state index in [2.05, 4.69) is 10.4 Å². The lowest BCUT2D eigenvalue weighted by atomic mass is 10.2. The lowest BCUT2D eigenvalue weighted by Crippen LogP contribution is -2.30. The van der Waals surface area contributed by atoms with Crippen LogP contribution in [-0.2, 0) is 4.79 Å². The van der Waals surface area contributed by atoms with E-state index in [0.717, 1.165) is 5.01 Å². The number of carbonyl (C=O) groups excluding carboxylic acids is 2. The van der Waals surface area contributed by atoms with Crippen molar-refractivity contribution in [3.8, 4) is 0 Å². The van der Waals surface area contributed by atoms with E-state index in [4.69, 9.17) is 92.8 Å². The van der Waals surface area contributed by atoms with E-state index in [1.54, 1.807) is 0 Å².